The summed E-state index contributed by atoms with van der Waals surface area (Å²) in [5, 5.41) is 10.3. The second kappa shape index (κ2) is 8.98. The third-order valence-electron chi connectivity index (χ3n) is 5.98. The third kappa shape index (κ3) is 4.51. The Hall–Kier alpha value is -3.06. The second-order valence-electron chi connectivity index (χ2n) is 8.37. The van der Waals surface area contributed by atoms with Gasteiger partial charge < -0.3 is 25.6 Å². The second-order valence-corrected chi connectivity index (χ2v) is 8.37. The van der Waals surface area contributed by atoms with Gasteiger partial charge in [0.2, 0.25) is 0 Å². The van der Waals surface area contributed by atoms with Gasteiger partial charge in [0.25, 0.3) is 0 Å². The monoisotopic (exact) mass is 421 g/mol. The number of aryl methyl sites for hydroxylation is 2. The molecule has 7 nitrogen and oxygen atoms in total. The van der Waals surface area contributed by atoms with Gasteiger partial charge in [-0.15, -0.1) is 0 Å². The predicted octanol–water partition coefficient (Wildman–Crippen LogP) is 4.25. The number of hydrogen-bond donors (Lipinski definition) is 3. The predicted molar refractivity (Wildman–Crippen MR) is 126 cm³/mol. The molecule has 1 atom stereocenters. The zero-order valence-electron chi connectivity index (χ0n) is 18.5. The largest absolute Gasteiger partial charge is 0.383 e. The summed E-state index contributed by atoms with van der Waals surface area (Å²) in [6.07, 6.45) is 1.79. The number of piperidine rings is 1. The Kier molecular flexibility index (Phi) is 6.13. The van der Waals surface area contributed by atoms with Gasteiger partial charge in [-0.25, -0.2) is 4.79 Å². The molecule has 0 unspecified atom stereocenters. The van der Waals surface area contributed by atoms with Crippen LogP contribution in [0.1, 0.15) is 24.0 Å². The van der Waals surface area contributed by atoms with E-state index in [2.05, 4.69) is 35.0 Å². The molecule has 2 aromatic carbocycles. The van der Waals surface area contributed by atoms with Crippen LogP contribution in [0.5, 0.6) is 0 Å². The lowest BCUT2D eigenvalue weighted by Gasteiger charge is -2.47. The molecule has 3 N–H and O–H groups in total. The first-order chi connectivity index (χ1) is 15.0. The highest BCUT2D eigenvalue weighted by Crippen LogP contribution is 2.36. The minimum absolute atomic E-state index is 0.0806. The first kappa shape index (κ1) is 21.2. The van der Waals surface area contributed by atoms with Crippen LogP contribution in [0.25, 0.3) is 0 Å². The smallest absolute Gasteiger partial charge is 0.321 e. The minimum atomic E-state index is -0.444. The normalized spacial score (nSPS) is 21.4. The quantitative estimate of drug-likeness (QED) is 0.645. The summed E-state index contributed by atoms with van der Waals surface area (Å²) in [7, 11) is 1.68. The van der Waals surface area contributed by atoms with Crippen LogP contribution in [0, 0.1) is 13.8 Å². The molecule has 0 radical (unpaired) electrons. The van der Waals surface area contributed by atoms with E-state index < -0.39 is 5.54 Å². The van der Waals surface area contributed by atoms with Crippen LogP contribution in [-0.4, -0.2) is 55.7 Å². The van der Waals surface area contributed by atoms with E-state index in [0.29, 0.717) is 26.2 Å². The molecular weight excluding hydrogens is 390 g/mol. The maximum Gasteiger partial charge on any atom is 0.321 e. The topological polar surface area (TPSA) is 78.0 Å². The average molecular weight is 422 g/mol. The maximum absolute atomic E-state index is 13.2. The lowest BCUT2D eigenvalue weighted by molar-refractivity contribution is 0.186. The number of methoxy groups -OCH3 is 1. The van der Waals surface area contributed by atoms with Crippen molar-refractivity contribution in [3.8, 4) is 0 Å². The number of urea groups is 1. The van der Waals surface area contributed by atoms with E-state index in [1.165, 1.54) is 5.56 Å². The molecule has 0 aromatic heterocycles. The number of amidine groups is 1. The Labute approximate surface area is 183 Å². The van der Waals surface area contributed by atoms with Crippen LogP contribution in [-0.2, 0) is 4.74 Å². The molecule has 0 saturated carbocycles. The Morgan fingerprint density at radius 2 is 2.03 bits per heavy atom. The average Bonchev–Trinajstić information content (AvgIpc) is 2.76. The van der Waals surface area contributed by atoms with E-state index in [9.17, 15) is 4.79 Å². The number of para-hydroxylation sites is 2. The first-order valence-corrected chi connectivity index (χ1v) is 10.8. The number of nitrogens with zero attached hydrogens (tertiary/aromatic N) is 2. The van der Waals surface area contributed by atoms with Crippen LogP contribution in [0.2, 0.25) is 0 Å². The van der Waals surface area contributed by atoms with Crippen LogP contribution >= 0.6 is 0 Å². The maximum atomic E-state index is 13.2. The minimum Gasteiger partial charge on any atom is -0.383 e. The van der Waals surface area contributed by atoms with Crippen LogP contribution in [0.3, 0.4) is 0 Å². The van der Waals surface area contributed by atoms with Gasteiger partial charge in [-0.1, -0.05) is 29.8 Å². The van der Waals surface area contributed by atoms with Crippen molar-refractivity contribution in [3.05, 3.63) is 53.6 Å². The third-order valence-corrected chi connectivity index (χ3v) is 5.98. The van der Waals surface area contributed by atoms with Crippen LogP contribution < -0.4 is 16.0 Å². The summed E-state index contributed by atoms with van der Waals surface area (Å²) < 4.78 is 5.19. The van der Waals surface area contributed by atoms with Crippen molar-refractivity contribution in [2.45, 2.75) is 32.2 Å². The molecule has 2 heterocycles. The first-order valence-electron chi connectivity index (χ1n) is 10.8. The van der Waals surface area contributed by atoms with Gasteiger partial charge in [-0.2, -0.15) is 0 Å². The van der Waals surface area contributed by atoms with Gasteiger partial charge in [0, 0.05) is 19.3 Å². The summed E-state index contributed by atoms with van der Waals surface area (Å²) in [5.74, 6) is 0.868. The molecule has 1 fully saturated rings. The lowest BCUT2D eigenvalue weighted by atomic mass is 9.85. The number of likely N-dealkylation sites (tertiary alicyclic amines) is 1. The Morgan fingerprint density at radius 3 is 2.81 bits per heavy atom. The van der Waals surface area contributed by atoms with Crippen molar-refractivity contribution in [1.82, 2.24) is 4.90 Å². The summed E-state index contributed by atoms with van der Waals surface area (Å²) in [6, 6.07) is 14.1. The number of rotatable bonds is 4. The fourth-order valence-corrected chi connectivity index (χ4v) is 4.38. The highest BCUT2D eigenvalue weighted by atomic mass is 16.5. The molecule has 2 aliphatic heterocycles. The number of amides is 2. The number of fused-ring (bicyclic) bond motifs is 1. The van der Waals surface area contributed by atoms with E-state index >= 15 is 0 Å². The van der Waals surface area contributed by atoms with Crippen molar-refractivity contribution in [3.63, 3.8) is 0 Å². The van der Waals surface area contributed by atoms with E-state index in [4.69, 9.17) is 9.73 Å². The molecule has 164 valence electrons. The van der Waals surface area contributed by atoms with Crippen molar-refractivity contribution in [1.29, 1.82) is 0 Å². The summed E-state index contributed by atoms with van der Waals surface area (Å²) in [5.41, 5.74) is 4.68. The molecule has 2 aliphatic rings. The molecule has 2 aromatic rings. The Morgan fingerprint density at radius 1 is 1.23 bits per heavy atom. The van der Waals surface area contributed by atoms with Crippen molar-refractivity contribution in [2.24, 2.45) is 4.99 Å². The molecule has 1 saturated heterocycles. The zero-order chi connectivity index (χ0) is 21.8. The Bertz CT molecular complexity index is 990. The van der Waals surface area contributed by atoms with Crippen LogP contribution in [0.4, 0.5) is 21.9 Å². The highest BCUT2D eigenvalue weighted by Gasteiger charge is 2.44. The van der Waals surface area contributed by atoms with E-state index in [0.717, 1.165) is 41.3 Å². The number of carbonyl (C=O) groups is 1. The summed E-state index contributed by atoms with van der Waals surface area (Å²) in [6.45, 7) is 6.45. The fraction of sp³-hybridized carbons (Fsp3) is 0.417. The number of anilines is 3. The van der Waals surface area contributed by atoms with Crippen molar-refractivity contribution >= 4 is 28.9 Å². The molecule has 2 amide bonds. The van der Waals surface area contributed by atoms with Crippen molar-refractivity contribution in [2.75, 3.05) is 49.3 Å². The van der Waals surface area contributed by atoms with Gasteiger partial charge in [-0.3, -0.25) is 4.99 Å². The van der Waals surface area contributed by atoms with E-state index in [1.54, 1.807) is 7.11 Å². The standard InChI is InChI=1S/C24H31N5O2/c1-17-9-10-19(18(2)15-17)27-23(30)29-13-6-11-24(16-29)22(25-12-14-31-3)26-20-7-4-5-8-21(20)28-24/h4-5,7-10,15,28H,6,11-14,16H2,1-3H3,(H,25,26)(H,27,30)/t24-/m0/s1. The van der Waals surface area contributed by atoms with Gasteiger partial charge in [0.1, 0.15) is 11.4 Å². The fourth-order valence-electron chi connectivity index (χ4n) is 4.38. The zero-order valence-corrected chi connectivity index (χ0v) is 18.5. The summed E-state index contributed by atoms with van der Waals surface area (Å²) >= 11 is 0. The SMILES string of the molecule is COCCN=C1Nc2ccccc2N[C@]12CCCN(C(=O)Nc1ccc(C)cc1C)C2. The van der Waals surface area contributed by atoms with E-state index in [1.807, 2.05) is 42.2 Å². The number of hydrogen-bond acceptors (Lipinski definition) is 4. The molecular formula is C24H31N5O2. The number of aliphatic imine (C=N–C) groups is 1. The number of benzene rings is 2. The lowest BCUT2D eigenvalue weighted by Crippen LogP contribution is -2.63. The molecule has 0 bridgehead atoms. The number of carbonyl (C=O) groups excluding carboxylic acids is 1. The van der Waals surface area contributed by atoms with Gasteiger partial charge in [0.15, 0.2) is 0 Å². The van der Waals surface area contributed by atoms with Crippen LogP contribution in [0.15, 0.2) is 47.5 Å². The van der Waals surface area contributed by atoms with Gasteiger partial charge in [-0.05, 0) is 50.5 Å². The molecule has 0 aliphatic carbocycles. The highest BCUT2D eigenvalue weighted by molar-refractivity contribution is 6.10. The molecule has 1 spiro atoms. The molecule has 4 rings (SSSR count). The number of nitrogens with one attached hydrogen (secondary N) is 3. The van der Waals surface area contributed by atoms with E-state index in [-0.39, 0.29) is 6.03 Å². The van der Waals surface area contributed by atoms with Crippen molar-refractivity contribution < 1.29 is 9.53 Å². The van der Waals surface area contributed by atoms with Gasteiger partial charge >= 0.3 is 6.03 Å². The summed E-state index contributed by atoms with van der Waals surface area (Å²) in [4.78, 5) is 19.8. The van der Waals surface area contributed by atoms with Gasteiger partial charge in [0.05, 0.1) is 31.1 Å². The Balaban J connectivity index is 1.57. The molecule has 31 heavy (non-hydrogen) atoms. The molecule has 7 heteroatoms. The number of ether oxygens (including phenoxy) is 1.